The molecule has 158 valence electrons. The van der Waals surface area contributed by atoms with Gasteiger partial charge in [0.15, 0.2) is 0 Å². The average molecular weight is 402 g/mol. The Hall–Kier alpha value is -2.11. The van der Waals surface area contributed by atoms with Gasteiger partial charge in [0.2, 0.25) is 0 Å². The van der Waals surface area contributed by atoms with Gasteiger partial charge in [0.05, 0.1) is 11.8 Å². The number of hydrogen-bond donors (Lipinski definition) is 0. The lowest BCUT2D eigenvalue weighted by atomic mass is 9.77. The van der Waals surface area contributed by atoms with Crippen molar-refractivity contribution in [3.63, 3.8) is 0 Å². The molecule has 0 aromatic heterocycles. The highest BCUT2D eigenvalue weighted by Gasteiger charge is 2.70. The molecule has 0 amide bonds. The van der Waals surface area contributed by atoms with E-state index in [0.717, 1.165) is 19.3 Å². The number of hydrogen-bond acceptors (Lipinski definition) is 6. The van der Waals surface area contributed by atoms with E-state index in [-0.39, 0.29) is 35.3 Å². The maximum Gasteiger partial charge on any atom is 0.333 e. The van der Waals surface area contributed by atoms with Crippen LogP contribution in [0.3, 0.4) is 0 Å². The largest absolute Gasteiger partial charge is 0.459 e. The first kappa shape index (κ1) is 20.2. The van der Waals surface area contributed by atoms with Crippen molar-refractivity contribution in [3.8, 4) is 0 Å². The van der Waals surface area contributed by atoms with Crippen LogP contribution in [0.5, 0.6) is 0 Å². The van der Waals surface area contributed by atoms with Crippen LogP contribution in [-0.2, 0) is 28.6 Å². The normalized spacial score (nSPS) is 37.7. The summed E-state index contributed by atoms with van der Waals surface area (Å²) in [6, 6.07) is 0. The van der Waals surface area contributed by atoms with Crippen molar-refractivity contribution in [1.29, 1.82) is 0 Å². The predicted octanol–water partition coefficient (Wildman–Crippen LogP) is 3.35. The fraction of sp³-hybridized carbons (Fsp3) is 0.696. The van der Waals surface area contributed by atoms with E-state index in [1.165, 1.54) is 5.57 Å². The van der Waals surface area contributed by atoms with E-state index in [2.05, 4.69) is 19.6 Å². The van der Waals surface area contributed by atoms with Crippen LogP contribution in [0, 0.1) is 29.6 Å². The van der Waals surface area contributed by atoms with Gasteiger partial charge >= 0.3 is 17.9 Å². The Labute approximate surface area is 171 Å². The number of ether oxygens (including phenoxy) is 3. The molecule has 7 unspecified atom stereocenters. The molecule has 0 spiro atoms. The summed E-state index contributed by atoms with van der Waals surface area (Å²) in [7, 11) is 0. The summed E-state index contributed by atoms with van der Waals surface area (Å²) in [5.41, 5.74) is 1.04. The summed E-state index contributed by atoms with van der Waals surface area (Å²) in [6.07, 6.45) is 4.67. The molecule has 0 aromatic rings. The highest BCUT2D eigenvalue weighted by atomic mass is 16.6. The van der Waals surface area contributed by atoms with Crippen LogP contribution in [0.2, 0.25) is 0 Å². The van der Waals surface area contributed by atoms with Gasteiger partial charge in [0.1, 0.15) is 17.8 Å². The number of fused-ring (bicyclic) bond motifs is 1. The molecule has 2 saturated carbocycles. The van der Waals surface area contributed by atoms with Crippen molar-refractivity contribution in [2.24, 2.45) is 29.6 Å². The van der Waals surface area contributed by atoms with Crippen LogP contribution in [0.4, 0.5) is 0 Å². The molecule has 4 aliphatic rings. The van der Waals surface area contributed by atoms with E-state index in [4.69, 9.17) is 14.2 Å². The zero-order valence-electron chi connectivity index (χ0n) is 17.6. The van der Waals surface area contributed by atoms with E-state index < -0.39 is 35.6 Å². The lowest BCUT2D eigenvalue weighted by molar-refractivity contribution is -0.176. The smallest absolute Gasteiger partial charge is 0.333 e. The summed E-state index contributed by atoms with van der Waals surface area (Å²) in [5.74, 6) is -2.44. The molecule has 29 heavy (non-hydrogen) atoms. The maximum absolute atomic E-state index is 13.3. The van der Waals surface area contributed by atoms with Crippen LogP contribution >= 0.6 is 0 Å². The molecular weight excluding hydrogens is 372 g/mol. The zero-order chi connectivity index (χ0) is 21.1. The van der Waals surface area contributed by atoms with Gasteiger partial charge in [-0.3, -0.25) is 9.59 Å². The molecule has 7 atom stereocenters. The second-order valence-electron chi connectivity index (χ2n) is 9.71. The molecule has 0 N–H and O–H groups in total. The lowest BCUT2D eigenvalue weighted by Crippen LogP contribution is -2.46. The first-order valence-corrected chi connectivity index (χ1v) is 10.6. The van der Waals surface area contributed by atoms with E-state index >= 15 is 0 Å². The Kier molecular flexibility index (Phi) is 4.87. The fourth-order valence-electron chi connectivity index (χ4n) is 5.70. The third-order valence-electron chi connectivity index (χ3n) is 7.39. The number of rotatable bonds is 5. The first-order chi connectivity index (χ1) is 13.6. The standard InChI is InChI=1S/C23H30O6/c1-11(2)20(24)27-18-15-10-14-16(21(25)28-19(14)18)17(15)22(26)29-23(4,5)13-8-6-12(3)7-9-13/h6,13-19H,1,7-10H2,2-5H3. The second kappa shape index (κ2) is 6.99. The fourth-order valence-corrected chi connectivity index (χ4v) is 5.70. The van der Waals surface area contributed by atoms with Gasteiger partial charge in [-0.1, -0.05) is 18.2 Å². The predicted molar refractivity (Wildman–Crippen MR) is 104 cm³/mol. The number of esters is 3. The molecule has 6 nitrogen and oxygen atoms in total. The molecule has 2 bridgehead atoms. The summed E-state index contributed by atoms with van der Waals surface area (Å²) in [6.45, 7) is 11.2. The van der Waals surface area contributed by atoms with Crippen molar-refractivity contribution in [2.45, 2.75) is 71.2 Å². The second-order valence-corrected chi connectivity index (χ2v) is 9.71. The van der Waals surface area contributed by atoms with Crippen LogP contribution in [-0.4, -0.2) is 35.7 Å². The Morgan fingerprint density at radius 2 is 2.00 bits per heavy atom. The zero-order valence-corrected chi connectivity index (χ0v) is 17.6. The van der Waals surface area contributed by atoms with Crippen molar-refractivity contribution < 1.29 is 28.6 Å². The molecule has 3 fully saturated rings. The van der Waals surface area contributed by atoms with Crippen molar-refractivity contribution >= 4 is 17.9 Å². The SMILES string of the molecule is C=C(C)C(=O)OC1C2CC3C1OC(=O)C3C2C(=O)OC(C)(C)C1CC=C(C)CC1. The average Bonchev–Trinajstić information content (AvgIpc) is 3.25. The highest BCUT2D eigenvalue weighted by molar-refractivity contribution is 5.88. The van der Waals surface area contributed by atoms with Crippen molar-refractivity contribution in [3.05, 3.63) is 23.8 Å². The topological polar surface area (TPSA) is 78.9 Å². The van der Waals surface area contributed by atoms with E-state index in [0.29, 0.717) is 6.42 Å². The third kappa shape index (κ3) is 3.30. The minimum atomic E-state index is -0.623. The van der Waals surface area contributed by atoms with Crippen molar-refractivity contribution in [2.75, 3.05) is 0 Å². The van der Waals surface area contributed by atoms with E-state index in [1.54, 1.807) is 6.92 Å². The molecule has 3 aliphatic carbocycles. The Bertz CT molecular complexity index is 793. The van der Waals surface area contributed by atoms with Crippen LogP contribution in [0.1, 0.15) is 53.4 Å². The van der Waals surface area contributed by atoms with Crippen molar-refractivity contribution in [1.82, 2.24) is 0 Å². The summed E-state index contributed by atoms with van der Waals surface area (Å²) >= 11 is 0. The highest BCUT2D eigenvalue weighted by Crippen LogP contribution is 2.59. The van der Waals surface area contributed by atoms with Gasteiger partial charge in [-0.2, -0.15) is 0 Å². The molecule has 1 heterocycles. The quantitative estimate of drug-likeness (QED) is 0.304. The van der Waals surface area contributed by atoms with Gasteiger partial charge in [0, 0.05) is 23.3 Å². The van der Waals surface area contributed by atoms with Gasteiger partial charge in [-0.15, -0.1) is 0 Å². The summed E-state index contributed by atoms with van der Waals surface area (Å²) in [4.78, 5) is 37.8. The summed E-state index contributed by atoms with van der Waals surface area (Å²) in [5, 5.41) is 0. The van der Waals surface area contributed by atoms with E-state index in [9.17, 15) is 14.4 Å². The third-order valence-corrected chi connectivity index (χ3v) is 7.39. The first-order valence-electron chi connectivity index (χ1n) is 10.6. The van der Waals surface area contributed by atoms with Crippen LogP contribution in [0.25, 0.3) is 0 Å². The molecule has 4 rings (SSSR count). The van der Waals surface area contributed by atoms with Gasteiger partial charge < -0.3 is 14.2 Å². The van der Waals surface area contributed by atoms with Crippen LogP contribution < -0.4 is 0 Å². The molecule has 0 aromatic carbocycles. The molecule has 1 saturated heterocycles. The van der Waals surface area contributed by atoms with E-state index in [1.807, 2.05) is 13.8 Å². The minimum Gasteiger partial charge on any atom is -0.459 e. The van der Waals surface area contributed by atoms with Gasteiger partial charge in [-0.25, -0.2) is 4.79 Å². The minimum absolute atomic E-state index is 0.0867. The monoisotopic (exact) mass is 402 g/mol. The Morgan fingerprint density at radius 3 is 2.62 bits per heavy atom. The number of carbonyl (C=O) groups excluding carboxylic acids is 3. The molecule has 6 heteroatoms. The lowest BCUT2D eigenvalue weighted by Gasteiger charge is -2.38. The summed E-state index contributed by atoms with van der Waals surface area (Å²) < 4.78 is 17.1. The van der Waals surface area contributed by atoms with Crippen LogP contribution in [0.15, 0.2) is 23.8 Å². The number of carbonyl (C=O) groups is 3. The Morgan fingerprint density at radius 1 is 1.28 bits per heavy atom. The maximum atomic E-state index is 13.3. The van der Waals surface area contributed by atoms with Gasteiger partial charge in [-0.05, 0) is 53.4 Å². The Balaban J connectivity index is 1.51. The molecule has 1 aliphatic heterocycles. The van der Waals surface area contributed by atoms with Gasteiger partial charge in [0.25, 0.3) is 0 Å². The molecule has 0 radical (unpaired) electrons. The number of allylic oxidation sites excluding steroid dienone is 2. The molecular formula is C23H30O6.